The van der Waals surface area contributed by atoms with Crippen molar-refractivity contribution in [1.82, 2.24) is 0 Å². The van der Waals surface area contributed by atoms with Gasteiger partial charge in [0, 0.05) is 18.7 Å². The minimum absolute atomic E-state index is 0.266. The van der Waals surface area contributed by atoms with Gasteiger partial charge < -0.3 is 24.8 Å². The largest absolute Gasteiger partial charge is 0.490 e. The molecule has 1 aliphatic heterocycles. The Morgan fingerprint density at radius 1 is 1.07 bits per heavy atom. The van der Waals surface area contributed by atoms with E-state index in [-0.39, 0.29) is 5.91 Å². The zero-order chi connectivity index (χ0) is 19.9. The quantitative estimate of drug-likeness (QED) is 0.725. The fourth-order valence-electron chi connectivity index (χ4n) is 3.18. The highest BCUT2D eigenvalue weighted by molar-refractivity contribution is 6.06. The van der Waals surface area contributed by atoms with Crippen molar-refractivity contribution < 1.29 is 24.2 Å². The molecule has 1 aliphatic rings. The predicted molar refractivity (Wildman–Crippen MR) is 107 cm³/mol. The zero-order valence-corrected chi connectivity index (χ0v) is 15.8. The number of carboxylic acid groups (broad SMARTS) is 1. The van der Waals surface area contributed by atoms with E-state index in [1.165, 1.54) is 0 Å². The zero-order valence-electron chi connectivity index (χ0n) is 15.8. The van der Waals surface area contributed by atoms with Crippen LogP contribution in [-0.4, -0.2) is 43.3 Å². The second-order valence-electron chi connectivity index (χ2n) is 6.44. The van der Waals surface area contributed by atoms with Gasteiger partial charge in [-0.05, 0) is 50.1 Å². The van der Waals surface area contributed by atoms with E-state index in [0.717, 1.165) is 37.3 Å². The van der Waals surface area contributed by atoms with Crippen LogP contribution in [0.25, 0.3) is 0 Å². The second kappa shape index (κ2) is 9.12. The third-order valence-corrected chi connectivity index (χ3v) is 4.46. The number of carbonyl (C=O) groups is 2. The summed E-state index contributed by atoms with van der Waals surface area (Å²) in [7, 11) is 0. The number of hydrogen-bond acceptors (Lipinski definition) is 5. The predicted octanol–water partition coefficient (Wildman–Crippen LogP) is 3.40. The van der Waals surface area contributed by atoms with Gasteiger partial charge in [0.1, 0.15) is 0 Å². The van der Waals surface area contributed by atoms with Crippen LogP contribution < -0.4 is 19.7 Å². The molecule has 7 nitrogen and oxygen atoms in total. The van der Waals surface area contributed by atoms with Crippen LogP contribution in [-0.2, 0) is 4.79 Å². The van der Waals surface area contributed by atoms with Gasteiger partial charge in [-0.1, -0.05) is 12.1 Å². The van der Waals surface area contributed by atoms with Gasteiger partial charge in [0.15, 0.2) is 18.1 Å². The highest BCUT2D eigenvalue weighted by Gasteiger charge is 2.18. The maximum Gasteiger partial charge on any atom is 0.341 e. The van der Waals surface area contributed by atoms with Gasteiger partial charge in [0.25, 0.3) is 5.91 Å². The summed E-state index contributed by atoms with van der Waals surface area (Å²) < 4.78 is 10.7. The number of carboxylic acids is 1. The van der Waals surface area contributed by atoms with E-state index in [4.69, 9.17) is 14.6 Å². The summed E-state index contributed by atoms with van der Waals surface area (Å²) in [5, 5.41) is 11.8. The highest BCUT2D eigenvalue weighted by Crippen LogP contribution is 2.31. The smallest absolute Gasteiger partial charge is 0.341 e. The van der Waals surface area contributed by atoms with E-state index in [1.54, 1.807) is 25.1 Å². The number of hydrogen-bond donors (Lipinski definition) is 2. The fourth-order valence-corrected chi connectivity index (χ4v) is 3.18. The van der Waals surface area contributed by atoms with Crippen LogP contribution in [0.3, 0.4) is 0 Å². The number of para-hydroxylation sites is 2. The van der Waals surface area contributed by atoms with Crippen molar-refractivity contribution in [2.75, 3.05) is 36.5 Å². The van der Waals surface area contributed by atoms with Crippen molar-refractivity contribution in [3.63, 3.8) is 0 Å². The molecule has 148 valence electrons. The molecule has 1 heterocycles. The molecule has 2 aromatic carbocycles. The summed E-state index contributed by atoms with van der Waals surface area (Å²) in [6.07, 6.45) is 2.30. The lowest BCUT2D eigenvalue weighted by molar-refractivity contribution is -0.139. The van der Waals surface area contributed by atoms with E-state index < -0.39 is 12.6 Å². The molecule has 7 heteroatoms. The first-order valence-electron chi connectivity index (χ1n) is 9.35. The van der Waals surface area contributed by atoms with Gasteiger partial charge in [0.2, 0.25) is 0 Å². The molecule has 3 rings (SSSR count). The van der Waals surface area contributed by atoms with Crippen LogP contribution in [0.2, 0.25) is 0 Å². The molecule has 1 amide bonds. The number of anilines is 2. The number of amides is 1. The molecular formula is C21H24N2O5. The van der Waals surface area contributed by atoms with Gasteiger partial charge in [-0.3, -0.25) is 4.79 Å². The van der Waals surface area contributed by atoms with Gasteiger partial charge in [-0.15, -0.1) is 0 Å². The summed E-state index contributed by atoms with van der Waals surface area (Å²) in [6.45, 7) is 3.66. The van der Waals surface area contributed by atoms with Crippen molar-refractivity contribution in [3.05, 3.63) is 48.0 Å². The summed E-state index contributed by atoms with van der Waals surface area (Å²) in [5.74, 6) is -0.720. The first kappa shape index (κ1) is 19.5. The van der Waals surface area contributed by atoms with Crippen LogP contribution in [0.4, 0.5) is 11.4 Å². The van der Waals surface area contributed by atoms with Crippen LogP contribution in [0.1, 0.15) is 30.1 Å². The molecular weight excluding hydrogens is 360 g/mol. The first-order valence-corrected chi connectivity index (χ1v) is 9.35. The molecule has 0 aromatic heterocycles. The van der Waals surface area contributed by atoms with E-state index >= 15 is 0 Å². The third-order valence-electron chi connectivity index (χ3n) is 4.46. The molecule has 0 radical (unpaired) electrons. The van der Waals surface area contributed by atoms with Gasteiger partial charge >= 0.3 is 5.97 Å². The summed E-state index contributed by atoms with van der Waals surface area (Å²) in [4.78, 5) is 25.8. The lowest BCUT2D eigenvalue weighted by Crippen LogP contribution is -2.21. The molecule has 0 spiro atoms. The average molecular weight is 384 g/mol. The van der Waals surface area contributed by atoms with Gasteiger partial charge in [-0.25, -0.2) is 4.79 Å². The molecule has 0 aliphatic carbocycles. The molecule has 2 aromatic rings. The number of aliphatic carboxylic acids is 1. The summed E-state index contributed by atoms with van der Waals surface area (Å²) in [6, 6.07) is 12.5. The first-order chi connectivity index (χ1) is 13.6. The maximum atomic E-state index is 12.8. The minimum Gasteiger partial charge on any atom is -0.490 e. The Morgan fingerprint density at radius 2 is 1.82 bits per heavy atom. The lowest BCUT2D eigenvalue weighted by atomic mass is 10.1. The summed E-state index contributed by atoms with van der Waals surface area (Å²) >= 11 is 0. The molecule has 0 saturated carbocycles. The highest BCUT2D eigenvalue weighted by atomic mass is 16.5. The van der Waals surface area contributed by atoms with Crippen LogP contribution in [0.15, 0.2) is 42.5 Å². The normalized spacial score (nSPS) is 13.2. The van der Waals surface area contributed by atoms with Crippen molar-refractivity contribution in [1.29, 1.82) is 0 Å². The molecule has 1 saturated heterocycles. The van der Waals surface area contributed by atoms with E-state index in [2.05, 4.69) is 10.2 Å². The minimum atomic E-state index is -1.08. The summed E-state index contributed by atoms with van der Waals surface area (Å²) in [5.41, 5.74) is 2.18. The van der Waals surface area contributed by atoms with Gasteiger partial charge in [0.05, 0.1) is 18.0 Å². The topological polar surface area (TPSA) is 88.1 Å². The van der Waals surface area contributed by atoms with Gasteiger partial charge in [-0.2, -0.15) is 0 Å². The molecule has 0 unspecified atom stereocenters. The number of ether oxygens (including phenoxy) is 2. The van der Waals surface area contributed by atoms with Crippen LogP contribution in [0.5, 0.6) is 11.5 Å². The van der Waals surface area contributed by atoms with E-state index in [1.807, 2.05) is 24.3 Å². The van der Waals surface area contributed by atoms with E-state index in [0.29, 0.717) is 23.7 Å². The lowest BCUT2D eigenvalue weighted by Gasteiger charge is -2.21. The molecule has 0 bridgehead atoms. The fraction of sp³-hybridized carbons (Fsp3) is 0.333. The number of carbonyl (C=O) groups excluding carboxylic acids is 1. The SMILES string of the molecule is CCOc1cc(C(=O)Nc2ccccc2N2CCCC2)ccc1OCC(=O)O. The Labute approximate surface area is 163 Å². The van der Waals surface area contributed by atoms with Crippen LogP contribution in [0, 0.1) is 0 Å². The number of benzene rings is 2. The standard InChI is InChI=1S/C21H24N2O5/c1-2-27-19-13-15(9-10-18(19)28-14-20(24)25)21(26)22-16-7-3-4-8-17(16)23-11-5-6-12-23/h3-4,7-10,13H,2,5-6,11-12,14H2,1H3,(H,22,26)(H,24,25). The Kier molecular flexibility index (Phi) is 6.37. The monoisotopic (exact) mass is 384 g/mol. The Hall–Kier alpha value is -3.22. The number of nitrogens with zero attached hydrogens (tertiary/aromatic N) is 1. The van der Waals surface area contributed by atoms with Crippen molar-refractivity contribution in [2.45, 2.75) is 19.8 Å². The molecule has 2 N–H and O–H groups in total. The van der Waals surface area contributed by atoms with Crippen molar-refractivity contribution in [3.8, 4) is 11.5 Å². The molecule has 0 atom stereocenters. The van der Waals surface area contributed by atoms with E-state index in [9.17, 15) is 9.59 Å². The van der Waals surface area contributed by atoms with Crippen molar-refractivity contribution >= 4 is 23.3 Å². The van der Waals surface area contributed by atoms with Crippen LogP contribution >= 0.6 is 0 Å². The Morgan fingerprint density at radius 3 is 2.54 bits per heavy atom. The Balaban J connectivity index is 1.79. The van der Waals surface area contributed by atoms with Crippen molar-refractivity contribution in [2.24, 2.45) is 0 Å². The number of nitrogens with one attached hydrogen (secondary N) is 1. The average Bonchev–Trinajstić information content (AvgIpc) is 3.22. The number of rotatable bonds is 8. The maximum absolute atomic E-state index is 12.8. The molecule has 1 fully saturated rings. The third kappa shape index (κ3) is 4.73. The Bertz CT molecular complexity index is 846. The molecule has 28 heavy (non-hydrogen) atoms. The second-order valence-corrected chi connectivity index (χ2v) is 6.44.